The summed E-state index contributed by atoms with van der Waals surface area (Å²) < 4.78 is 5.37. The first kappa shape index (κ1) is 14.9. The number of pyridine rings is 1. The van der Waals surface area contributed by atoms with Gasteiger partial charge in [-0.3, -0.25) is 0 Å². The zero-order chi connectivity index (χ0) is 14.8. The minimum Gasteiger partial charge on any atom is -0.444 e. The lowest BCUT2D eigenvalue weighted by molar-refractivity contribution is -0.00274. The molecule has 110 valence electrons. The number of anilines is 1. The first-order chi connectivity index (χ1) is 9.35. The highest BCUT2D eigenvalue weighted by molar-refractivity contribution is 6.29. The van der Waals surface area contributed by atoms with E-state index in [1.165, 1.54) is 0 Å². The lowest BCUT2D eigenvalue weighted by Gasteiger charge is -2.41. The van der Waals surface area contributed by atoms with Crippen molar-refractivity contribution in [3.8, 4) is 0 Å². The van der Waals surface area contributed by atoms with Crippen LogP contribution in [0.25, 0.3) is 0 Å². The van der Waals surface area contributed by atoms with E-state index in [0.29, 0.717) is 11.7 Å². The van der Waals surface area contributed by atoms with Gasteiger partial charge in [-0.15, -0.1) is 0 Å². The smallest absolute Gasteiger partial charge is 0.410 e. The number of hydrogen-bond donors (Lipinski definition) is 1. The topological polar surface area (TPSA) is 54.5 Å². The molecular weight excluding hydrogens is 278 g/mol. The molecule has 6 heteroatoms. The van der Waals surface area contributed by atoms with Crippen LogP contribution in [0.1, 0.15) is 27.2 Å². The number of carbonyl (C=O) groups is 1. The average molecular weight is 298 g/mol. The van der Waals surface area contributed by atoms with Crippen LogP contribution in [0.5, 0.6) is 0 Å². The Morgan fingerprint density at radius 2 is 2.30 bits per heavy atom. The summed E-state index contributed by atoms with van der Waals surface area (Å²) >= 11 is 5.73. The van der Waals surface area contributed by atoms with Crippen molar-refractivity contribution in [1.29, 1.82) is 0 Å². The first-order valence-corrected chi connectivity index (χ1v) is 7.08. The quantitative estimate of drug-likeness (QED) is 0.871. The Hall–Kier alpha value is -1.49. The van der Waals surface area contributed by atoms with Crippen molar-refractivity contribution in [2.24, 2.45) is 0 Å². The van der Waals surface area contributed by atoms with Gasteiger partial charge in [-0.05, 0) is 39.3 Å². The molecule has 0 aliphatic carbocycles. The second-order valence-corrected chi connectivity index (χ2v) is 6.25. The molecule has 0 aromatic carbocycles. The minimum absolute atomic E-state index is 0.167. The number of ether oxygens (including phenoxy) is 1. The number of aromatic nitrogens is 1. The zero-order valence-electron chi connectivity index (χ0n) is 12.0. The molecule has 2 rings (SSSR count). The fourth-order valence-electron chi connectivity index (χ4n) is 1.93. The highest BCUT2D eigenvalue weighted by atomic mass is 35.5. The Bertz CT molecular complexity index is 470. The third kappa shape index (κ3) is 4.00. The van der Waals surface area contributed by atoms with Crippen molar-refractivity contribution in [2.45, 2.75) is 38.8 Å². The van der Waals surface area contributed by atoms with Crippen molar-refractivity contribution in [2.75, 3.05) is 18.4 Å². The Morgan fingerprint density at radius 1 is 1.55 bits per heavy atom. The van der Waals surface area contributed by atoms with Crippen LogP contribution < -0.4 is 5.32 Å². The van der Waals surface area contributed by atoms with Gasteiger partial charge >= 0.3 is 6.09 Å². The molecule has 5 nitrogen and oxygen atoms in total. The fraction of sp³-hybridized carbons (Fsp3) is 0.571. The Labute approximate surface area is 124 Å². The number of nitrogens with zero attached hydrogens (tertiary/aromatic N) is 2. The van der Waals surface area contributed by atoms with Crippen LogP contribution >= 0.6 is 11.6 Å². The lowest BCUT2D eigenvalue weighted by Crippen LogP contribution is -2.55. The number of hydrogen-bond acceptors (Lipinski definition) is 4. The maximum atomic E-state index is 12.0. The molecule has 1 aromatic rings. The number of halogens is 1. The summed E-state index contributed by atoms with van der Waals surface area (Å²) in [5, 5.41) is 3.72. The predicted molar refractivity (Wildman–Crippen MR) is 79.1 cm³/mol. The van der Waals surface area contributed by atoms with Crippen LogP contribution in [0.15, 0.2) is 18.3 Å². The molecule has 0 spiro atoms. The number of likely N-dealkylation sites (tertiary alicyclic amines) is 1. The van der Waals surface area contributed by atoms with Crippen LogP contribution in [0.4, 0.5) is 10.5 Å². The highest BCUT2D eigenvalue weighted by Gasteiger charge is 2.34. The molecule has 1 saturated heterocycles. The standard InChI is InChI=1S/C14H20ClN3O2/c1-14(2,3)20-13(19)18-7-6-11(18)9-16-10-4-5-12(15)17-8-10/h4-5,8,11,16H,6-7,9H2,1-3H3/t11-/m0/s1. The van der Waals surface area contributed by atoms with E-state index in [2.05, 4.69) is 10.3 Å². The Kier molecular flexibility index (Phi) is 4.38. The number of amides is 1. The molecule has 0 radical (unpaired) electrons. The molecule has 1 aliphatic rings. The van der Waals surface area contributed by atoms with Crippen LogP contribution in [-0.2, 0) is 4.74 Å². The Morgan fingerprint density at radius 3 is 2.80 bits per heavy atom. The van der Waals surface area contributed by atoms with Crippen LogP contribution in [0, 0.1) is 0 Å². The average Bonchev–Trinajstić information content (AvgIpc) is 2.27. The lowest BCUT2D eigenvalue weighted by atomic mass is 10.0. The van der Waals surface area contributed by atoms with E-state index in [0.717, 1.165) is 18.7 Å². The van der Waals surface area contributed by atoms with Gasteiger partial charge in [0.05, 0.1) is 17.9 Å². The van der Waals surface area contributed by atoms with Crippen molar-refractivity contribution < 1.29 is 9.53 Å². The third-order valence-electron chi connectivity index (χ3n) is 3.04. The summed E-state index contributed by atoms with van der Waals surface area (Å²) in [5.41, 5.74) is 0.440. The maximum Gasteiger partial charge on any atom is 0.410 e. The van der Waals surface area contributed by atoms with E-state index in [-0.39, 0.29) is 12.1 Å². The zero-order valence-corrected chi connectivity index (χ0v) is 12.8. The van der Waals surface area contributed by atoms with Crippen molar-refractivity contribution in [1.82, 2.24) is 9.88 Å². The van der Waals surface area contributed by atoms with Gasteiger partial charge in [0.25, 0.3) is 0 Å². The second-order valence-electron chi connectivity index (χ2n) is 5.87. The fourth-order valence-corrected chi connectivity index (χ4v) is 2.04. The van der Waals surface area contributed by atoms with Gasteiger partial charge < -0.3 is 15.0 Å². The summed E-state index contributed by atoms with van der Waals surface area (Å²) in [4.78, 5) is 17.7. The predicted octanol–water partition coefficient (Wildman–Crippen LogP) is 3.16. The van der Waals surface area contributed by atoms with Gasteiger partial charge in [0.1, 0.15) is 10.8 Å². The van der Waals surface area contributed by atoms with Gasteiger partial charge in [0.2, 0.25) is 0 Å². The maximum absolute atomic E-state index is 12.0. The Balaban J connectivity index is 1.82. The number of carbonyl (C=O) groups excluding carboxylic acids is 1. The molecule has 20 heavy (non-hydrogen) atoms. The van der Waals surface area contributed by atoms with Crippen LogP contribution in [0.2, 0.25) is 5.15 Å². The summed E-state index contributed by atoms with van der Waals surface area (Å²) in [6.45, 7) is 7.05. The molecule has 1 aliphatic heterocycles. The molecule has 1 amide bonds. The van der Waals surface area contributed by atoms with Gasteiger partial charge in [0.15, 0.2) is 0 Å². The normalized spacial score (nSPS) is 18.4. The van der Waals surface area contributed by atoms with Crippen molar-refractivity contribution in [3.63, 3.8) is 0 Å². The second kappa shape index (κ2) is 5.87. The summed E-state index contributed by atoms with van der Waals surface area (Å²) in [6, 6.07) is 3.77. The van der Waals surface area contributed by atoms with Crippen molar-refractivity contribution in [3.05, 3.63) is 23.5 Å². The molecule has 1 fully saturated rings. The molecule has 0 saturated carbocycles. The van der Waals surface area contributed by atoms with Gasteiger partial charge in [-0.25, -0.2) is 9.78 Å². The largest absolute Gasteiger partial charge is 0.444 e. The highest BCUT2D eigenvalue weighted by Crippen LogP contribution is 2.22. The van der Waals surface area contributed by atoms with E-state index in [1.54, 1.807) is 17.2 Å². The summed E-state index contributed by atoms with van der Waals surface area (Å²) in [7, 11) is 0. The van der Waals surface area contributed by atoms with Crippen molar-refractivity contribution >= 4 is 23.4 Å². The number of nitrogens with one attached hydrogen (secondary N) is 1. The van der Waals surface area contributed by atoms with E-state index < -0.39 is 5.60 Å². The molecule has 1 N–H and O–H groups in total. The molecule has 0 bridgehead atoms. The van der Waals surface area contributed by atoms with Crippen LogP contribution in [0.3, 0.4) is 0 Å². The van der Waals surface area contributed by atoms with E-state index >= 15 is 0 Å². The molecule has 2 heterocycles. The third-order valence-corrected chi connectivity index (χ3v) is 3.26. The molecule has 1 atom stereocenters. The SMILES string of the molecule is CC(C)(C)OC(=O)N1CC[C@H]1CNc1ccc(Cl)nc1. The molecule has 0 unspecified atom stereocenters. The molecular formula is C14H20ClN3O2. The summed E-state index contributed by atoms with van der Waals surface area (Å²) in [5.74, 6) is 0. The van der Waals surface area contributed by atoms with Gasteiger partial charge in [-0.2, -0.15) is 0 Å². The van der Waals surface area contributed by atoms with E-state index in [9.17, 15) is 4.79 Å². The number of rotatable bonds is 3. The van der Waals surface area contributed by atoms with E-state index in [1.807, 2.05) is 26.8 Å². The minimum atomic E-state index is -0.454. The monoisotopic (exact) mass is 297 g/mol. The first-order valence-electron chi connectivity index (χ1n) is 6.70. The van der Waals surface area contributed by atoms with Gasteiger partial charge in [-0.1, -0.05) is 11.6 Å². The van der Waals surface area contributed by atoms with E-state index in [4.69, 9.17) is 16.3 Å². The van der Waals surface area contributed by atoms with Gasteiger partial charge in [0, 0.05) is 13.1 Å². The summed E-state index contributed by atoms with van der Waals surface area (Å²) in [6.07, 6.45) is 2.41. The van der Waals surface area contributed by atoms with Crippen LogP contribution in [-0.4, -0.2) is 40.7 Å². The molecule has 1 aromatic heterocycles.